The van der Waals surface area contributed by atoms with E-state index in [1.165, 1.54) is 17.7 Å². The number of pyridine rings is 1. The van der Waals surface area contributed by atoms with E-state index >= 15 is 0 Å². The SMILES string of the molecule is CN(CC(=O)N1CCc2c(n(Cc3cccc(F)c3)c3ncccc23)C1)CC(C)(C)C(=O)O.Cl. The van der Waals surface area contributed by atoms with E-state index in [0.717, 1.165) is 22.3 Å². The Bertz CT molecular complexity index is 1210. The zero-order valence-electron chi connectivity index (χ0n) is 19.6. The molecule has 0 unspecified atom stereocenters. The van der Waals surface area contributed by atoms with Gasteiger partial charge >= 0.3 is 5.97 Å². The van der Waals surface area contributed by atoms with E-state index in [0.29, 0.717) is 26.1 Å². The highest BCUT2D eigenvalue weighted by molar-refractivity contribution is 5.85. The molecular weight excluding hydrogens is 459 g/mol. The van der Waals surface area contributed by atoms with Crippen molar-refractivity contribution in [1.82, 2.24) is 19.4 Å². The van der Waals surface area contributed by atoms with Crippen LogP contribution in [0.3, 0.4) is 0 Å². The van der Waals surface area contributed by atoms with E-state index in [9.17, 15) is 19.1 Å². The molecule has 2 aromatic heterocycles. The number of fused-ring (bicyclic) bond motifs is 3. The van der Waals surface area contributed by atoms with Crippen LogP contribution in [0.5, 0.6) is 0 Å². The summed E-state index contributed by atoms with van der Waals surface area (Å²) in [6.07, 6.45) is 2.46. The Labute approximate surface area is 204 Å². The van der Waals surface area contributed by atoms with Crippen LogP contribution in [0.25, 0.3) is 11.0 Å². The van der Waals surface area contributed by atoms with Crippen molar-refractivity contribution >= 4 is 35.3 Å². The second kappa shape index (κ2) is 10.1. The first-order chi connectivity index (χ1) is 15.7. The zero-order valence-corrected chi connectivity index (χ0v) is 20.4. The summed E-state index contributed by atoms with van der Waals surface area (Å²) in [5.74, 6) is -1.21. The van der Waals surface area contributed by atoms with Crippen LogP contribution in [0.2, 0.25) is 0 Å². The number of likely N-dealkylation sites (N-methyl/N-ethyl adjacent to an activating group) is 1. The van der Waals surface area contributed by atoms with Crippen molar-refractivity contribution in [3.63, 3.8) is 0 Å². The molecule has 1 aliphatic heterocycles. The third kappa shape index (κ3) is 5.23. The number of carboxylic acids is 1. The molecule has 0 bridgehead atoms. The first-order valence-corrected chi connectivity index (χ1v) is 11.0. The van der Waals surface area contributed by atoms with E-state index in [4.69, 9.17) is 0 Å². The van der Waals surface area contributed by atoms with Crippen LogP contribution in [-0.2, 0) is 29.1 Å². The molecule has 3 heterocycles. The lowest BCUT2D eigenvalue weighted by Crippen LogP contribution is -2.45. The van der Waals surface area contributed by atoms with Gasteiger partial charge in [0.1, 0.15) is 11.5 Å². The number of benzene rings is 1. The van der Waals surface area contributed by atoms with Gasteiger partial charge in [0.2, 0.25) is 5.91 Å². The smallest absolute Gasteiger partial charge is 0.310 e. The maximum Gasteiger partial charge on any atom is 0.310 e. The Morgan fingerprint density at radius 1 is 1.24 bits per heavy atom. The molecule has 34 heavy (non-hydrogen) atoms. The van der Waals surface area contributed by atoms with Crippen molar-refractivity contribution in [3.05, 3.63) is 65.2 Å². The van der Waals surface area contributed by atoms with Gasteiger partial charge in [0, 0.05) is 36.9 Å². The highest BCUT2D eigenvalue weighted by Gasteiger charge is 2.31. The third-order valence-electron chi connectivity index (χ3n) is 6.25. The number of carboxylic acid groups (broad SMARTS) is 1. The zero-order chi connectivity index (χ0) is 23.8. The Kier molecular flexibility index (Phi) is 7.63. The fourth-order valence-corrected chi connectivity index (χ4v) is 4.59. The summed E-state index contributed by atoms with van der Waals surface area (Å²) < 4.78 is 15.9. The number of aliphatic carboxylic acids is 1. The Morgan fingerprint density at radius 2 is 2.00 bits per heavy atom. The topological polar surface area (TPSA) is 78.7 Å². The minimum atomic E-state index is -0.937. The summed E-state index contributed by atoms with van der Waals surface area (Å²) in [7, 11) is 1.77. The van der Waals surface area contributed by atoms with Gasteiger partial charge in [0.05, 0.1) is 18.5 Å². The van der Waals surface area contributed by atoms with E-state index in [1.807, 2.05) is 23.1 Å². The number of hydrogen-bond donors (Lipinski definition) is 1. The van der Waals surface area contributed by atoms with E-state index < -0.39 is 11.4 Å². The van der Waals surface area contributed by atoms with Crippen molar-refractivity contribution in [2.24, 2.45) is 5.41 Å². The summed E-state index contributed by atoms with van der Waals surface area (Å²) in [5, 5.41) is 10.4. The minimum absolute atomic E-state index is 0. The lowest BCUT2D eigenvalue weighted by atomic mass is 9.93. The van der Waals surface area contributed by atoms with Crippen LogP contribution in [-0.4, -0.2) is 63.0 Å². The molecule has 0 spiro atoms. The largest absolute Gasteiger partial charge is 0.481 e. The van der Waals surface area contributed by atoms with Crippen molar-refractivity contribution in [1.29, 1.82) is 0 Å². The monoisotopic (exact) mass is 488 g/mol. The number of rotatable bonds is 7. The maximum absolute atomic E-state index is 13.8. The average molecular weight is 489 g/mol. The third-order valence-corrected chi connectivity index (χ3v) is 6.25. The average Bonchev–Trinajstić information content (AvgIpc) is 3.06. The molecule has 0 saturated carbocycles. The molecule has 0 radical (unpaired) electrons. The molecule has 7 nitrogen and oxygen atoms in total. The minimum Gasteiger partial charge on any atom is -0.481 e. The van der Waals surface area contributed by atoms with Gasteiger partial charge in [-0.2, -0.15) is 0 Å². The highest BCUT2D eigenvalue weighted by Crippen LogP contribution is 2.30. The summed E-state index contributed by atoms with van der Waals surface area (Å²) >= 11 is 0. The van der Waals surface area contributed by atoms with Gasteiger partial charge in [-0.15, -0.1) is 12.4 Å². The molecule has 4 rings (SSSR count). The highest BCUT2D eigenvalue weighted by atomic mass is 35.5. The number of halogens is 2. The predicted octanol–water partition coefficient (Wildman–Crippen LogP) is 3.57. The number of carbonyl (C=O) groups is 2. The molecule has 0 atom stereocenters. The van der Waals surface area contributed by atoms with Gasteiger partial charge < -0.3 is 14.6 Å². The Hall–Kier alpha value is -2.97. The molecule has 3 aromatic rings. The van der Waals surface area contributed by atoms with Crippen LogP contribution in [0.4, 0.5) is 4.39 Å². The number of hydrogen-bond acceptors (Lipinski definition) is 4. The van der Waals surface area contributed by atoms with Crippen LogP contribution < -0.4 is 0 Å². The molecule has 182 valence electrons. The summed E-state index contributed by atoms with van der Waals surface area (Å²) in [4.78, 5) is 32.6. The van der Waals surface area contributed by atoms with Crippen molar-refractivity contribution in [2.45, 2.75) is 33.4 Å². The van der Waals surface area contributed by atoms with E-state index in [-0.39, 0.29) is 37.2 Å². The second-order valence-electron chi connectivity index (χ2n) is 9.44. The maximum atomic E-state index is 13.8. The lowest BCUT2D eigenvalue weighted by molar-refractivity contribution is -0.148. The number of nitrogens with zero attached hydrogens (tertiary/aromatic N) is 4. The first kappa shape index (κ1) is 25.6. The van der Waals surface area contributed by atoms with E-state index in [1.54, 1.807) is 38.1 Å². The van der Waals surface area contributed by atoms with Gasteiger partial charge in [0.25, 0.3) is 0 Å². The number of amides is 1. The van der Waals surface area contributed by atoms with Crippen molar-refractivity contribution in [3.8, 4) is 0 Å². The normalized spacial score (nSPS) is 13.6. The number of carbonyl (C=O) groups excluding carboxylic acids is 1. The fraction of sp³-hybridized carbons (Fsp3) is 0.400. The molecule has 1 aromatic carbocycles. The molecule has 0 fully saturated rings. The molecule has 9 heteroatoms. The Balaban J connectivity index is 0.00000324. The first-order valence-electron chi connectivity index (χ1n) is 11.0. The van der Waals surface area contributed by atoms with Gasteiger partial charge in [-0.3, -0.25) is 14.5 Å². The number of aromatic nitrogens is 2. The molecule has 1 N–H and O–H groups in total. The molecule has 1 aliphatic rings. The molecule has 1 amide bonds. The van der Waals surface area contributed by atoms with Crippen molar-refractivity contribution in [2.75, 3.05) is 26.7 Å². The Morgan fingerprint density at radius 3 is 2.71 bits per heavy atom. The lowest BCUT2D eigenvalue weighted by Gasteiger charge is -2.31. The van der Waals surface area contributed by atoms with Gasteiger partial charge in [-0.05, 0) is 62.7 Å². The second-order valence-corrected chi connectivity index (χ2v) is 9.44. The predicted molar refractivity (Wildman–Crippen MR) is 131 cm³/mol. The fourth-order valence-electron chi connectivity index (χ4n) is 4.59. The van der Waals surface area contributed by atoms with Crippen molar-refractivity contribution < 1.29 is 19.1 Å². The van der Waals surface area contributed by atoms with Crippen LogP contribution in [0.1, 0.15) is 30.7 Å². The van der Waals surface area contributed by atoms with Gasteiger partial charge in [-0.25, -0.2) is 9.37 Å². The summed E-state index contributed by atoms with van der Waals surface area (Å²) in [6, 6.07) is 10.5. The van der Waals surface area contributed by atoms with Gasteiger partial charge in [-0.1, -0.05) is 12.1 Å². The van der Waals surface area contributed by atoms with Crippen LogP contribution in [0, 0.1) is 11.2 Å². The molecule has 0 saturated heterocycles. The summed E-state index contributed by atoms with van der Waals surface area (Å²) in [6.45, 7) is 5.23. The van der Waals surface area contributed by atoms with Crippen LogP contribution in [0.15, 0.2) is 42.6 Å². The van der Waals surface area contributed by atoms with Crippen LogP contribution >= 0.6 is 12.4 Å². The molecular formula is C25H30ClFN4O3. The quantitative estimate of drug-likeness (QED) is 0.550. The molecule has 0 aliphatic carbocycles. The van der Waals surface area contributed by atoms with E-state index in [2.05, 4.69) is 9.55 Å². The van der Waals surface area contributed by atoms with Gasteiger partial charge in [0.15, 0.2) is 0 Å². The summed E-state index contributed by atoms with van der Waals surface area (Å²) in [5.41, 5.74) is 2.92. The standard InChI is InChI=1S/C25H29FN4O3.ClH/c1-25(2,24(32)33)16-28(3)15-22(31)29-11-9-19-20-8-5-10-27-23(20)30(21(19)14-29)13-17-6-4-7-18(26)12-17;/h4-8,10,12H,9,11,13-16H2,1-3H3,(H,32,33);1H.